The molecule has 0 aromatic heterocycles. The topological polar surface area (TPSA) is 61.8 Å². The molecule has 0 fully saturated rings. The van der Waals surface area contributed by atoms with Crippen LogP contribution in [0.2, 0.25) is 0 Å². The molecule has 0 unspecified atom stereocenters. The number of esters is 1. The first-order valence-electron chi connectivity index (χ1n) is 22.1. The van der Waals surface area contributed by atoms with E-state index in [2.05, 4.69) is 13.8 Å². The van der Waals surface area contributed by atoms with E-state index in [1.807, 2.05) is 24.3 Å². The van der Waals surface area contributed by atoms with Crippen LogP contribution in [0.25, 0.3) is 6.08 Å². The summed E-state index contributed by atoms with van der Waals surface area (Å²) in [5, 5.41) is 0. The first-order valence-corrected chi connectivity index (χ1v) is 22.1. The van der Waals surface area contributed by atoms with E-state index in [4.69, 9.17) is 14.2 Å². The Balaban J connectivity index is 1.25. The van der Waals surface area contributed by atoms with Crippen LogP contribution in [0.5, 0.6) is 17.2 Å². The Morgan fingerprint density at radius 2 is 0.873 bits per heavy atom. The van der Waals surface area contributed by atoms with E-state index < -0.39 is 5.97 Å². The van der Waals surface area contributed by atoms with Gasteiger partial charge in [0, 0.05) is 5.56 Å². The molecule has 3 aromatic carbocycles. The largest absolute Gasteiger partial charge is 0.494 e. The van der Waals surface area contributed by atoms with Crippen LogP contribution < -0.4 is 14.2 Å². The highest BCUT2D eigenvalue weighted by atomic mass is 16.5. The van der Waals surface area contributed by atoms with Crippen LogP contribution in [0.15, 0.2) is 78.9 Å². The number of carbonyl (C=O) groups excluding carboxylic acids is 2. The van der Waals surface area contributed by atoms with Gasteiger partial charge in [0.05, 0.1) is 18.8 Å². The van der Waals surface area contributed by atoms with Gasteiger partial charge in [0.15, 0.2) is 5.78 Å². The van der Waals surface area contributed by atoms with Crippen molar-refractivity contribution in [3.05, 3.63) is 95.6 Å². The Labute approximate surface area is 334 Å². The van der Waals surface area contributed by atoms with Gasteiger partial charge in [-0.25, -0.2) is 4.79 Å². The summed E-state index contributed by atoms with van der Waals surface area (Å²) in [7, 11) is 0. The molecule has 0 saturated heterocycles. The Morgan fingerprint density at radius 3 is 1.33 bits per heavy atom. The average Bonchev–Trinajstić information content (AvgIpc) is 3.21. The van der Waals surface area contributed by atoms with Crippen molar-refractivity contribution in [2.75, 3.05) is 13.2 Å². The molecular formula is C50H72O5. The number of allylic oxidation sites excluding steroid dienone is 1. The van der Waals surface area contributed by atoms with Crippen LogP contribution in [0.1, 0.15) is 194 Å². The normalized spacial score (nSPS) is 11.2. The van der Waals surface area contributed by atoms with Crippen molar-refractivity contribution in [2.45, 2.75) is 168 Å². The summed E-state index contributed by atoms with van der Waals surface area (Å²) in [6.45, 7) is 5.93. The predicted molar refractivity (Wildman–Crippen MR) is 231 cm³/mol. The smallest absolute Gasteiger partial charge is 0.343 e. The zero-order valence-corrected chi connectivity index (χ0v) is 34.5. The lowest BCUT2D eigenvalue weighted by Crippen LogP contribution is -2.09. The highest BCUT2D eigenvalue weighted by Gasteiger charge is 2.11. The van der Waals surface area contributed by atoms with Crippen LogP contribution in [0, 0.1) is 0 Å². The summed E-state index contributed by atoms with van der Waals surface area (Å²) in [6, 6.07) is 21.5. The van der Waals surface area contributed by atoms with Crippen molar-refractivity contribution < 1.29 is 23.8 Å². The fourth-order valence-corrected chi connectivity index (χ4v) is 6.78. The SMILES string of the molecule is CCCCCCCCCCCCCCCCCCOc1ccc(/C=C/C(=O)c2cccc(OC(=O)c3ccc(OCCCCCCCCCC)cc3)c2)cc1. The number of hydrogen-bond donors (Lipinski definition) is 0. The molecule has 5 heteroatoms. The standard InChI is InChI=1S/C50H72O5/c1-3-5-7-9-11-13-14-15-16-17-18-19-20-22-24-25-40-53-46-35-30-43(31-36-46)32-39-49(51)45-28-27-29-48(42-45)55-50(52)44-33-37-47(38-34-44)54-41-26-23-21-12-10-8-6-4-2/h27-39,42H,3-26,40-41H2,1-2H3/b39-32+. The number of ether oxygens (including phenoxy) is 3. The van der Waals surface area contributed by atoms with Gasteiger partial charge < -0.3 is 14.2 Å². The summed E-state index contributed by atoms with van der Waals surface area (Å²) in [5.41, 5.74) is 1.79. The molecule has 3 aromatic rings. The van der Waals surface area contributed by atoms with Gasteiger partial charge in [-0.1, -0.05) is 185 Å². The zero-order valence-electron chi connectivity index (χ0n) is 34.5. The molecule has 0 N–H and O–H groups in total. The summed E-state index contributed by atoms with van der Waals surface area (Å²) in [4.78, 5) is 25.8. The van der Waals surface area contributed by atoms with E-state index in [-0.39, 0.29) is 5.78 Å². The quantitative estimate of drug-likeness (QED) is 0.0204. The molecule has 3 rings (SSSR count). The molecule has 0 aliphatic heterocycles. The monoisotopic (exact) mass is 753 g/mol. The molecule has 0 saturated carbocycles. The number of rotatable bonds is 33. The van der Waals surface area contributed by atoms with E-state index in [1.54, 1.807) is 60.7 Å². The maximum atomic E-state index is 12.9. The molecule has 55 heavy (non-hydrogen) atoms. The van der Waals surface area contributed by atoms with Crippen LogP contribution in [-0.4, -0.2) is 25.0 Å². The van der Waals surface area contributed by atoms with Gasteiger partial charge in [-0.05, 0) is 73.0 Å². The van der Waals surface area contributed by atoms with Gasteiger partial charge in [0.25, 0.3) is 0 Å². The van der Waals surface area contributed by atoms with Crippen molar-refractivity contribution >= 4 is 17.8 Å². The molecular weight excluding hydrogens is 681 g/mol. The number of ketones is 1. The molecule has 0 spiro atoms. The van der Waals surface area contributed by atoms with Gasteiger partial charge >= 0.3 is 5.97 Å². The van der Waals surface area contributed by atoms with Crippen molar-refractivity contribution in [3.8, 4) is 17.2 Å². The maximum absolute atomic E-state index is 12.9. The minimum atomic E-state index is -0.480. The molecule has 0 heterocycles. The van der Waals surface area contributed by atoms with E-state index in [9.17, 15) is 9.59 Å². The first-order chi connectivity index (χ1) is 27.1. The van der Waals surface area contributed by atoms with Gasteiger partial charge in [0.2, 0.25) is 0 Å². The lowest BCUT2D eigenvalue weighted by molar-refractivity contribution is 0.0733. The average molecular weight is 753 g/mol. The van der Waals surface area contributed by atoms with E-state index in [1.165, 1.54) is 141 Å². The predicted octanol–water partition coefficient (Wildman–Crippen LogP) is 15.0. The maximum Gasteiger partial charge on any atom is 0.343 e. The second-order valence-electron chi connectivity index (χ2n) is 15.2. The minimum Gasteiger partial charge on any atom is -0.494 e. The number of benzene rings is 3. The summed E-state index contributed by atoms with van der Waals surface area (Å²) >= 11 is 0. The molecule has 0 bridgehead atoms. The summed E-state index contributed by atoms with van der Waals surface area (Å²) in [5.74, 6) is 1.27. The molecule has 0 aliphatic rings. The lowest BCUT2D eigenvalue weighted by Gasteiger charge is -2.08. The first kappa shape index (κ1) is 45.5. The number of unbranched alkanes of at least 4 members (excludes halogenated alkanes) is 22. The fraction of sp³-hybridized carbons (Fsp3) is 0.560. The number of carbonyl (C=O) groups is 2. The summed E-state index contributed by atoms with van der Waals surface area (Å²) < 4.78 is 17.4. The zero-order chi connectivity index (χ0) is 39.0. The third-order valence-electron chi connectivity index (χ3n) is 10.3. The van der Waals surface area contributed by atoms with Crippen molar-refractivity contribution in [2.24, 2.45) is 0 Å². The molecule has 302 valence electrons. The highest BCUT2D eigenvalue weighted by Crippen LogP contribution is 2.20. The minimum absolute atomic E-state index is 0.167. The summed E-state index contributed by atoms with van der Waals surface area (Å²) in [6.07, 6.45) is 35.1. The molecule has 0 amide bonds. The van der Waals surface area contributed by atoms with Crippen molar-refractivity contribution in [1.82, 2.24) is 0 Å². The Hall–Kier alpha value is -3.86. The third kappa shape index (κ3) is 21.7. The van der Waals surface area contributed by atoms with Gasteiger partial charge in [-0.3, -0.25) is 4.79 Å². The second kappa shape index (κ2) is 30.4. The van der Waals surface area contributed by atoms with Crippen LogP contribution in [0.4, 0.5) is 0 Å². The van der Waals surface area contributed by atoms with E-state index >= 15 is 0 Å². The number of hydrogen-bond acceptors (Lipinski definition) is 5. The van der Waals surface area contributed by atoms with Crippen molar-refractivity contribution in [1.29, 1.82) is 0 Å². The molecule has 0 atom stereocenters. The van der Waals surface area contributed by atoms with Gasteiger partial charge in [-0.15, -0.1) is 0 Å². The van der Waals surface area contributed by atoms with Gasteiger partial charge in [-0.2, -0.15) is 0 Å². The van der Waals surface area contributed by atoms with E-state index in [0.29, 0.717) is 23.5 Å². The Bertz CT molecular complexity index is 1440. The molecule has 0 aliphatic carbocycles. The van der Waals surface area contributed by atoms with Crippen LogP contribution in [0.3, 0.4) is 0 Å². The fourth-order valence-electron chi connectivity index (χ4n) is 6.78. The highest BCUT2D eigenvalue weighted by molar-refractivity contribution is 6.07. The molecule has 5 nitrogen and oxygen atoms in total. The van der Waals surface area contributed by atoms with Gasteiger partial charge in [0.1, 0.15) is 17.2 Å². The van der Waals surface area contributed by atoms with E-state index in [0.717, 1.165) is 36.5 Å². The van der Waals surface area contributed by atoms with Crippen molar-refractivity contribution in [3.63, 3.8) is 0 Å². The third-order valence-corrected chi connectivity index (χ3v) is 10.3. The second-order valence-corrected chi connectivity index (χ2v) is 15.2. The molecule has 0 radical (unpaired) electrons. The van der Waals surface area contributed by atoms with Crippen LogP contribution >= 0.6 is 0 Å². The Morgan fingerprint density at radius 1 is 0.455 bits per heavy atom. The Kier molecular flexibility index (Phi) is 25.1. The van der Waals surface area contributed by atoms with Crippen LogP contribution in [-0.2, 0) is 0 Å². The lowest BCUT2D eigenvalue weighted by atomic mass is 10.0.